The number of hydrogen-bond donors (Lipinski definition) is 1. The van der Waals surface area contributed by atoms with E-state index in [1.807, 2.05) is 17.6 Å². The van der Waals surface area contributed by atoms with E-state index < -0.39 is 0 Å². The summed E-state index contributed by atoms with van der Waals surface area (Å²) in [5.41, 5.74) is 1.39. The molecule has 1 aromatic heterocycles. The molecule has 1 saturated heterocycles. The number of aryl methyl sites for hydroxylation is 1. The van der Waals surface area contributed by atoms with Gasteiger partial charge in [0, 0.05) is 44.3 Å². The molecule has 2 aromatic rings. The molecule has 2 heterocycles. The van der Waals surface area contributed by atoms with E-state index in [-0.39, 0.29) is 11.7 Å². The molecule has 1 aliphatic heterocycles. The van der Waals surface area contributed by atoms with Crippen LogP contribution in [0.2, 0.25) is 0 Å². The molecule has 1 amide bonds. The van der Waals surface area contributed by atoms with E-state index in [1.54, 1.807) is 24.3 Å². The monoisotopic (exact) mass is 348 g/mol. The van der Waals surface area contributed by atoms with Gasteiger partial charge in [0.2, 0.25) is 5.91 Å². The third-order valence-electron chi connectivity index (χ3n) is 4.16. The Morgan fingerprint density at radius 2 is 2.12 bits per heavy atom. The molecule has 1 aromatic carbocycles. The van der Waals surface area contributed by atoms with E-state index in [1.165, 1.54) is 6.07 Å². The van der Waals surface area contributed by atoms with Gasteiger partial charge in [0.05, 0.1) is 6.54 Å². The number of anilines is 1. The van der Waals surface area contributed by atoms with Gasteiger partial charge in [0.25, 0.3) is 0 Å². The maximum Gasteiger partial charge on any atom is 0.234 e. The maximum absolute atomic E-state index is 13.5. The molecule has 0 radical (unpaired) electrons. The normalized spacial score (nSPS) is 15.5. The third-order valence-corrected chi connectivity index (χ3v) is 4.99. The van der Waals surface area contributed by atoms with Gasteiger partial charge >= 0.3 is 0 Å². The summed E-state index contributed by atoms with van der Waals surface area (Å²) in [6, 6.07) is 5.04. The molecule has 1 N–H and O–H groups in total. The lowest BCUT2D eigenvalue weighted by atomic mass is 10.1. The van der Waals surface area contributed by atoms with Gasteiger partial charge in [-0.2, -0.15) is 0 Å². The van der Waals surface area contributed by atoms with Gasteiger partial charge < -0.3 is 10.2 Å². The lowest BCUT2D eigenvalue weighted by Crippen LogP contribution is -2.49. The van der Waals surface area contributed by atoms with Crippen LogP contribution in [-0.4, -0.2) is 48.5 Å². The standard InChI is InChI=1S/C17H21FN4OS/c1-13-2-3-14(10-15(13)18)11-20-16(23)12-21-5-7-22(8-6-21)17-19-4-9-24-17/h2-4,9-10H,5-8,11-12H2,1H3,(H,20,23). The largest absolute Gasteiger partial charge is 0.351 e. The number of rotatable bonds is 5. The second-order valence-corrected chi connectivity index (χ2v) is 6.81. The van der Waals surface area contributed by atoms with Gasteiger partial charge in [-0.1, -0.05) is 12.1 Å². The number of halogens is 1. The van der Waals surface area contributed by atoms with E-state index in [2.05, 4.69) is 20.1 Å². The predicted molar refractivity (Wildman–Crippen MR) is 93.8 cm³/mol. The number of carbonyl (C=O) groups excluding carboxylic acids is 1. The van der Waals surface area contributed by atoms with Crippen molar-refractivity contribution in [2.45, 2.75) is 13.5 Å². The number of benzene rings is 1. The first kappa shape index (κ1) is 16.9. The number of aromatic nitrogens is 1. The number of nitrogens with one attached hydrogen (secondary N) is 1. The number of amides is 1. The van der Waals surface area contributed by atoms with Crippen LogP contribution in [0.4, 0.5) is 9.52 Å². The van der Waals surface area contributed by atoms with Crippen LogP contribution in [0.5, 0.6) is 0 Å². The van der Waals surface area contributed by atoms with Crippen molar-refractivity contribution in [2.24, 2.45) is 0 Å². The molecule has 0 spiro atoms. The first-order chi connectivity index (χ1) is 11.6. The Bertz CT molecular complexity index is 684. The van der Waals surface area contributed by atoms with Crippen molar-refractivity contribution in [3.8, 4) is 0 Å². The minimum Gasteiger partial charge on any atom is -0.351 e. The molecule has 3 rings (SSSR count). The fraction of sp³-hybridized carbons (Fsp3) is 0.412. The summed E-state index contributed by atoms with van der Waals surface area (Å²) >= 11 is 1.64. The van der Waals surface area contributed by atoms with Crippen LogP contribution in [0.3, 0.4) is 0 Å². The highest BCUT2D eigenvalue weighted by molar-refractivity contribution is 7.13. The maximum atomic E-state index is 13.5. The molecule has 0 unspecified atom stereocenters. The predicted octanol–water partition coefficient (Wildman–Crippen LogP) is 2.03. The highest BCUT2D eigenvalue weighted by atomic mass is 32.1. The molecule has 1 fully saturated rings. The highest BCUT2D eigenvalue weighted by Crippen LogP contribution is 2.18. The summed E-state index contributed by atoms with van der Waals surface area (Å²) in [5, 5.41) is 5.88. The first-order valence-corrected chi connectivity index (χ1v) is 8.88. The Kier molecular flexibility index (Phi) is 5.42. The minimum absolute atomic E-state index is 0.0290. The topological polar surface area (TPSA) is 48.5 Å². The highest BCUT2D eigenvalue weighted by Gasteiger charge is 2.20. The average Bonchev–Trinajstić information content (AvgIpc) is 3.11. The minimum atomic E-state index is -0.236. The average molecular weight is 348 g/mol. The first-order valence-electron chi connectivity index (χ1n) is 8.00. The van der Waals surface area contributed by atoms with Crippen LogP contribution in [0.1, 0.15) is 11.1 Å². The fourth-order valence-electron chi connectivity index (χ4n) is 2.68. The molecular weight excluding hydrogens is 327 g/mol. The zero-order valence-corrected chi connectivity index (χ0v) is 14.5. The van der Waals surface area contributed by atoms with Crippen molar-refractivity contribution < 1.29 is 9.18 Å². The molecule has 7 heteroatoms. The Morgan fingerprint density at radius 3 is 2.79 bits per heavy atom. The second kappa shape index (κ2) is 7.72. The van der Waals surface area contributed by atoms with Crippen LogP contribution in [0, 0.1) is 12.7 Å². The van der Waals surface area contributed by atoms with Crippen molar-refractivity contribution in [3.05, 3.63) is 46.7 Å². The Morgan fingerprint density at radius 1 is 1.33 bits per heavy atom. The SMILES string of the molecule is Cc1ccc(CNC(=O)CN2CCN(c3nccs3)CC2)cc1F. The molecule has 0 bridgehead atoms. The zero-order chi connectivity index (χ0) is 16.9. The van der Waals surface area contributed by atoms with Gasteiger partial charge in [0.15, 0.2) is 5.13 Å². The van der Waals surface area contributed by atoms with Crippen molar-refractivity contribution in [1.29, 1.82) is 0 Å². The molecule has 24 heavy (non-hydrogen) atoms. The molecule has 1 aliphatic rings. The smallest absolute Gasteiger partial charge is 0.234 e. The molecule has 128 valence electrons. The lowest BCUT2D eigenvalue weighted by molar-refractivity contribution is -0.122. The summed E-state index contributed by atoms with van der Waals surface area (Å²) in [7, 11) is 0. The van der Waals surface area contributed by atoms with Crippen molar-refractivity contribution >= 4 is 22.4 Å². The van der Waals surface area contributed by atoms with Gasteiger partial charge in [-0.25, -0.2) is 9.37 Å². The number of carbonyl (C=O) groups is 1. The van der Waals surface area contributed by atoms with Crippen LogP contribution in [0.15, 0.2) is 29.8 Å². The van der Waals surface area contributed by atoms with Crippen LogP contribution < -0.4 is 10.2 Å². The van der Waals surface area contributed by atoms with E-state index in [9.17, 15) is 9.18 Å². The molecule has 0 aliphatic carbocycles. The number of piperazine rings is 1. The molecule has 0 atom stereocenters. The van der Waals surface area contributed by atoms with Crippen LogP contribution in [-0.2, 0) is 11.3 Å². The Labute approximate surface area is 145 Å². The van der Waals surface area contributed by atoms with E-state index >= 15 is 0 Å². The second-order valence-electron chi connectivity index (χ2n) is 5.94. The van der Waals surface area contributed by atoms with Crippen molar-refractivity contribution in [1.82, 2.24) is 15.2 Å². The zero-order valence-electron chi connectivity index (χ0n) is 13.7. The molecular formula is C17H21FN4OS. The molecule has 0 saturated carbocycles. The molecule has 5 nitrogen and oxygen atoms in total. The summed E-state index contributed by atoms with van der Waals surface area (Å²) < 4.78 is 13.5. The third kappa shape index (κ3) is 4.30. The van der Waals surface area contributed by atoms with Crippen LogP contribution in [0.25, 0.3) is 0 Å². The van der Waals surface area contributed by atoms with Gasteiger partial charge in [-0.3, -0.25) is 9.69 Å². The number of thiazole rings is 1. The van der Waals surface area contributed by atoms with Gasteiger partial charge in [-0.15, -0.1) is 11.3 Å². The Balaban J connectivity index is 1.42. The van der Waals surface area contributed by atoms with E-state index in [0.717, 1.165) is 36.9 Å². The van der Waals surface area contributed by atoms with Crippen molar-refractivity contribution in [2.75, 3.05) is 37.6 Å². The van der Waals surface area contributed by atoms with E-state index in [0.29, 0.717) is 18.7 Å². The summed E-state index contributed by atoms with van der Waals surface area (Å²) in [5.74, 6) is -0.265. The van der Waals surface area contributed by atoms with Gasteiger partial charge in [0.1, 0.15) is 5.82 Å². The van der Waals surface area contributed by atoms with Gasteiger partial charge in [-0.05, 0) is 24.1 Å². The quantitative estimate of drug-likeness (QED) is 0.898. The number of hydrogen-bond acceptors (Lipinski definition) is 5. The van der Waals surface area contributed by atoms with Crippen LogP contribution >= 0.6 is 11.3 Å². The summed E-state index contributed by atoms with van der Waals surface area (Å²) in [6.07, 6.45) is 1.81. The lowest BCUT2D eigenvalue weighted by Gasteiger charge is -2.34. The Hall–Kier alpha value is -1.99. The number of nitrogens with zero attached hydrogens (tertiary/aromatic N) is 3. The summed E-state index contributed by atoms with van der Waals surface area (Å²) in [6.45, 7) is 5.89. The van der Waals surface area contributed by atoms with Crippen molar-refractivity contribution in [3.63, 3.8) is 0 Å². The summed E-state index contributed by atoms with van der Waals surface area (Å²) in [4.78, 5) is 20.8. The fourth-order valence-corrected chi connectivity index (χ4v) is 3.37. The van der Waals surface area contributed by atoms with E-state index in [4.69, 9.17) is 0 Å².